The number of rotatable bonds is 10. The minimum absolute atomic E-state index is 0.0672. The third-order valence-electron chi connectivity index (χ3n) is 3.12. The summed E-state index contributed by atoms with van der Waals surface area (Å²) in [6.07, 6.45) is 2.82. The molecule has 0 aliphatic heterocycles. The highest BCUT2D eigenvalue weighted by Crippen LogP contribution is 2.06. The summed E-state index contributed by atoms with van der Waals surface area (Å²) in [6, 6.07) is 0.882. The molecule has 0 aromatic carbocycles. The molecule has 8 heteroatoms. The Kier molecular flexibility index (Phi) is 7.70. The molecule has 132 valence electrons. The van der Waals surface area contributed by atoms with Gasteiger partial charge in [-0.25, -0.2) is 4.79 Å². The molecule has 2 atom stereocenters. The predicted molar refractivity (Wildman–Crippen MR) is 85.4 cm³/mol. The van der Waals surface area contributed by atoms with Crippen molar-refractivity contribution in [2.45, 2.75) is 25.9 Å². The second-order valence-corrected chi connectivity index (χ2v) is 5.40. The van der Waals surface area contributed by atoms with Gasteiger partial charge in [-0.3, -0.25) is 9.59 Å². The third-order valence-corrected chi connectivity index (χ3v) is 3.12. The predicted octanol–water partition coefficient (Wildman–Crippen LogP) is 0.806. The molecule has 0 bridgehead atoms. The van der Waals surface area contributed by atoms with Crippen LogP contribution >= 0.6 is 0 Å². The van der Waals surface area contributed by atoms with Crippen LogP contribution < -0.4 is 10.6 Å². The molecule has 2 amide bonds. The SMILES string of the molecule is C=CCOCC(NC(=O)C(NC(=O)c1ccco1)C(C)C)C(=O)O. The monoisotopic (exact) mass is 338 g/mol. The first-order chi connectivity index (χ1) is 11.4. The van der Waals surface area contributed by atoms with Crippen LogP contribution in [0.25, 0.3) is 0 Å². The van der Waals surface area contributed by atoms with E-state index in [1.165, 1.54) is 18.4 Å². The molecule has 2 unspecified atom stereocenters. The zero-order valence-corrected chi connectivity index (χ0v) is 13.7. The number of hydrogen-bond donors (Lipinski definition) is 3. The minimum atomic E-state index is -1.23. The van der Waals surface area contributed by atoms with Crippen LogP contribution in [-0.2, 0) is 14.3 Å². The molecule has 0 spiro atoms. The standard InChI is InChI=1S/C16H22N2O6/c1-4-7-23-9-11(16(21)22)17-15(20)13(10(2)3)18-14(19)12-6-5-8-24-12/h4-6,8,10-11,13H,1,7,9H2,2-3H3,(H,17,20)(H,18,19)(H,21,22). The fourth-order valence-corrected chi connectivity index (χ4v) is 1.86. The Balaban J connectivity index is 2.72. The van der Waals surface area contributed by atoms with E-state index in [0.29, 0.717) is 0 Å². The minimum Gasteiger partial charge on any atom is -0.480 e. The molecule has 0 radical (unpaired) electrons. The summed E-state index contributed by atoms with van der Waals surface area (Å²) in [5, 5.41) is 14.1. The van der Waals surface area contributed by atoms with E-state index in [-0.39, 0.29) is 24.9 Å². The van der Waals surface area contributed by atoms with Crippen LogP contribution in [0.3, 0.4) is 0 Å². The summed E-state index contributed by atoms with van der Waals surface area (Å²) >= 11 is 0. The molecule has 0 saturated heterocycles. The number of ether oxygens (including phenoxy) is 1. The van der Waals surface area contributed by atoms with E-state index in [1.807, 2.05) is 0 Å². The summed E-state index contributed by atoms with van der Waals surface area (Å²) < 4.78 is 10.0. The van der Waals surface area contributed by atoms with Crippen molar-refractivity contribution in [3.05, 3.63) is 36.8 Å². The summed E-state index contributed by atoms with van der Waals surface area (Å²) in [5.74, 6) is -2.58. The lowest BCUT2D eigenvalue weighted by atomic mass is 10.0. The lowest BCUT2D eigenvalue weighted by molar-refractivity contribution is -0.144. The third kappa shape index (κ3) is 5.88. The summed E-state index contributed by atoms with van der Waals surface area (Å²) in [6.45, 7) is 6.89. The molecular formula is C16H22N2O6. The van der Waals surface area contributed by atoms with E-state index in [9.17, 15) is 14.4 Å². The highest BCUT2D eigenvalue weighted by molar-refractivity contribution is 5.96. The fraction of sp³-hybridized carbons (Fsp3) is 0.438. The lowest BCUT2D eigenvalue weighted by Crippen LogP contribution is -2.54. The van der Waals surface area contributed by atoms with Crippen LogP contribution in [0.2, 0.25) is 0 Å². The summed E-state index contributed by atoms with van der Waals surface area (Å²) in [7, 11) is 0. The van der Waals surface area contributed by atoms with Crippen molar-refractivity contribution in [2.75, 3.05) is 13.2 Å². The molecule has 24 heavy (non-hydrogen) atoms. The first-order valence-corrected chi connectivity index (χ1v) is 7.43. The van der Waals surface area contributed by atoms with Gasteiger partial charge in [-0.05, 0) is 18.1 Å². The van der Waals surface area contributed by atoms with Gasteiger partial charge in [0, 0.05) is 0 Å². The number of amides is 2. The molecule has 0 fully saturated rings. The van der Waals surface area contributed by atoms with Crippen LogP contribution in [0.4, 0.5) is 0 Å². The number of carboxylic acids is 1. The molecule has 1 aromatic heterocycles. The van der Waals surface area contributed by atoms with Gasteiger partial charge in [-0.2, -0.15) is 0 Å². The Morgan fingerprint density at radius 3 is 2.58 bits per heavy atom. The van der Waals surface area contributed by atoms with E-state index < -0.39 is 29.9 Å². The molecule has 0 aliphatic carbocycles. The Morgan fingerprint density at radius 1 is 1.38 bits per heavy atom. The fourth-order valence-electron chi connectivity index (χ4n) is 1.86. The molecule has 0 saturated carbocycles. The van der Waals surface area contributed by atoms with Crippen molar-refractivity contribution >= 4 is 17.8 Å². The Labute approximate surface area is 139 Å². The topological polar surface area (TPSA) is 118 Å². The summed E-state index contributed by atoms with van der Waals surface area (Å²) in [5.41, 5.74) is 0. The largest absolute Gasteiger partial charge is 0.480 e. The average molecular weight is 338 g/mol. The van der Waals surface area contributed by atoms with Gasteiger partial charge in [0.15, 0.2) is 11.8 Å². The number of carbonyl (C=O) groups excluding carboxylic acids is 2. The smallest absolute Gasteiger partial charge is 0.328 e. The van der Waals surface area contributed by atoms with Crippen LogP contribution in [0.1, 0.15) is 24.4 Å². The van der Waals surface area contributed by atoms with Crippen molar-refractivity contribution in [1.29, 1.82) is 0 Å². The maximum Gasteiger partial charge on any atom is 0.328 e. The highest BCUT2D eigenvalue weighted by Gasteiger charge is 2.29. The van der Waals surface area contributed by atoms with Crippen molar-refractivity contribution in [2.24, 2.45) is 5.92 Å². The van der Waals surface area contributed by atoms with E-state index in [1.54, 1.807) is 19.9 Å². The highest BCUT2D eigenvalue weighted by atomic mass is 16.5. The van der Waals surface area contributed by atoms with Crippen molar-refractivity contribution in [3.8, 4) is 0 Å². The van der Waals surface area contributed by atoms with Crippen LogP contribution in [0.15, 0.2) is 35.5 Å². The maximum atomic E-state index is 12.3. The number of nitrogens with one attached hydrogen (secondary N) is 2. The van der Waals surface area contributed by atoms with Crippen molar-refractivity contribution in [1.82, 2.24) is 10.6 Å². The van der Waals surface area contributed by atoms with Crippen LogP contribution in [-0.4, -0.2) is 48.2 Å². The maximum absolute atomic E-state index is 12.3. The van der Waals surface area contributed by atoms with E-state index >= 15 is 0 Å². The number of hydrogen-bond acceptors (Lipinski definition) is 5. The van der Waals surface area contributed by atoms with Crippen molar-refractivity contribution in [3.63, 3.8) is 0 Å². The van der Waals surface area contributed by atoms with Gasteiger partial charge in [-0.1, -0.05) is 19.9 Å². The zero-order valence-electron chi connectivity index (χ0n) is 13.7. The van der Waals surface area contributed by atoms with Gasteiger partial charge in [0.25, 0.3) is 5.91 Å². The average Bonchev–Trinajstić information content (AvgIpc) is 3.05. The van der Waals surface area contributed by atoms with Gasteiger partial charge in [0.1, 0.15) is 6.04 Å². The molecule has 1 heterocycles. The quantitative estimate of drug-likeness (QED) is 0.429. The van der Waals surface area contributed by atoms with Gasteiger partial charge in [0.05, 0.1) is 19.5 Å². The molecular weight excluding hydrogens is 316 g/mol. The van der Waals surface area contributed by atoms with E-state index in [2.05, 4.69) is 17.2 Å². The normalized spacial score (nSPS) is 13.1. The van der Waals surface area contributed by atoms with E-state index in [4.69, 9.17) is 14.3 Å². The van der Waals surface area contributed by atoms with Gasteiger partial charge in [0.2, 0.25) is 5.91 Å². The van der Waals surface area contributed by atoms with Gasteiger partial charge >= 0.3 is 5.97 Å². The number of furan rings is 1. The first-order valence-electron chi connectivity index (χ1n) is 7.43. The lowest BCUT2D eigenvalue weighted by Gasteiger charge is -2.23. The molecule has 1 rings (SSSR count). The second-order valence-electron chi connectivity index (χ2n) is 5.40. The molecule has 3 N–H and O–H groups in total. The number of carboxylic acid groups (broad SMARTS) is 1. The van der Waals surface area contributed by atoms with Crippen molar-refractivity contribution < 1.29 is 28.6 Å². The second kappa shape index (κ2) is 9.51. The first kappa shape index (κ1) is 19.4. The molecule has 0 aliphatic rings. The molecule has 8 nitrogen and oxygen atoms in total. The van der Waals surface area contributed by atoms with E-state index in [0.717, 1.165) is 0 Å². The van der Waals surface area contributed by atoms with Gasteiger partial charge in [-0.15, -0.1) is 6.58 Å². The number of aliphatic carboxylic acids is 1. The molecule has 1 aromatic rings. The Morgan fingerprint density at radius 2 is 2.08 bits per heavy atom. The zero-order chi connectivity index (χ0) is 18.1. The Bertz CT molecular complexity index is 567. The Hall–Kier alpha value is -2.61. The van der Waals surface area contributed by atoms with Crippen LogP contribution in [0.5, 0.6) is 0 Å². The number of carbonyl (C=O) groups is 3. The van der Waals surface area contributed by atoms with Crippen LogP contribution in [0, 0.1) is 5.92 Å². The summed E-state index contributed by atoms with van der Waals surface area (Å²) in [4.78, 5) is 35.6. The van der Waals surface area contributed by atoms with Gasteiger partial charge < -0.3 is 24.9 Å².